The van der Waals surface area contributed by atoms with Crippen LogP contribution in [0.25, 0.3) is 10.9 Å². The summed E-state index contributed by atoms with van der Waals surface area (Å²) in [5, 5.41) is 6.30. The van der Waals surface area contributed by atoms with E-state index in [9.17, 15) is 17.6 Å². The monoisotopic (exact) mass is 499 g/mol. The molecule has 6 nitrogen and oxygen atoms in total. The number of urea groups is 1. The van der Waals surface area contributed by atoms with Crippen LogP contribution in [-0.4, -0.2) is 31.3 Å². The number of sulfone groups is 1. The maximum Gasteiger partial charge on any atom is 0.319 e. The van der Waals surface area contributed by atoms with E-state index in [1.54, 1.807) is 55.5 Å². The molecule has 2 amide bonds. The zero-order valence-electron chi connectivity index (χ0n) is 18.4. The van der Waals surface area contributed by atoms with Gasteiger partial charge in [0.1, 0.15) is 5.82 Å². The Kier molecular flexibility index (Phi) is 6.90. The number of nitrogens with one attached hydrogen (secondary N) is 2. The predicted octanol–water partition coefficient (Wildman–Crippen LogP) is 5.39. The van der Waals surface area contributed by atoms with Gasteiger partial charge in [-0.15, -0.1) is 0 Å². The number of hydrogen-bond donors (Lipinski definition) is 2. The number of nitrogens with zero attached hydrogens (tertiary/aromatic N) is 1. The summed E-state index contributed by atoms with van der Waals surface area (Å²) in [6.07, 6.45) is 0. The Morgan fingerprint density at radius 1 is 1.03 bits per heavy atom. The van der Waals surface area contributed by atoms with Crippen LogP contribution in [0.3, 0.4) is 0 Å². The van der Waals surface area contributed by atoms with Crippen LogP contribution in [0.15, 0.2) is 77.7 Å². The molecule has 0 saturated carbocycles. The molecule has 0 fully saturated rings. The molecule has 176 valence electrons. The van der Waals surface area contributed by atoms with Crippen LogP contribution < -0.4 is 10.6 Å². The third-order valence-electron chi connectivity index (χ3n) is 5.48. The molecule has 1 heterocycles. The van der Waals surface area contributed by atoms with Gasteiger partial charge in [-0.1, -0.05) is 48.0 Å². The normalized spacial score (nSPS) is 11.5. The van der Waals surface area contributed by atoms with Crippen molar-refractivity contribution in [2.75, 3.05) is 17.6 Å². The summed E-state index contributed by atoms with van der Waals surface area (Å²) in [5.41, 5.74) is 2.73. The van der Waals surface area contributed by atoms with Crippen molar-refractivity contribution in [3.8, 4) is 0 Å². The maximum absolute atomic E-state index is 13.3. The zero-order chi connectivity index (χ0) is 24.3. The molecule has 0 spiro atoms. The molecule has 0 saturated heterocycles. The number of aromatic nitrogens is 1. The minimum Gasteiger partial charge on any atom is -0.339 e. The van der Waals surface area contributed by atoms with Crippen molar-refractivity contribution in [2.24, 2.45) is 0 Å². The zero-order valence-corrected chi connectivity index (χ0v) is 20.0. The third-order valence-corrected chi connectivity index (χ3v) is 7.59. The van der Waals surface area contributed by atoms with Gasteiger partial charge in [-0.2, -0.15) is 0 Å². The summed E-state index contributed by atoms with van der Waals surface area (Å²) in [6.45, 7) is 2.10. The van der Waals surface area contributed by atoms with Crippen LogP contribution >= 0.6 is 11.6 Å². The van der Waals surface area contributed by atoms with Gasteiger partial charge in [-0.25, -0.2) is 17.6 Å². The summed E-state index contributed by atoms with van der Waals surface area (Å²) < 4.78 is 41.8. The van der Waals surface area contributed by atoms with E-state index in [1.807, 2.05) is 16.7 Å². The van der Waals surface area contributed by atoms with Crippen LogP contribution in [-0.2, 0) is 16.4 Å². The van der Waals surface area contributed by atoms with Crippen molar-refractivity contribution in [1.29, 1.82) is 0 Å². The van der Waals surface area contributed by atoms with E-state index in [4.69, 9.17) is 11.6 Å². The molecule has 0 aliphatic rings. The van der Waals surface area contributed by atoms with Crippen LogP contribution in [0.4, 0.5) is 14.9 Å². The highest BCUT2D eigenvalue weighted by Crippen LogP contribution is 2.31. The van der Waals surface area contributed by atoms with E-state index in [2.05, 4.69) is 10.6 Å². The Bertz CT molecular complexity index is 1450. The van der Waals surface area contributed by atoms with Gasteiger partial charge in [0.25, 0.3) is 0 Å². The van der Waals surface area contributed by atoms with Gasteiger partial charge >= 0.3 is 6.03 Å². The number of carbonyl (C=O) groups is 1. The van der Waals surface area contributed by atoms with Crippen molar-refractivity contribution in [3.63, 3.8) is 0 Å². The molecular weight excluding hydrogens is 477 g/mol. The van der Waals surface area contributed by atoms with Crippen LogP contribution in [0, 0.1) is 12.7 Å². The molecule has 1 aromatic heterocycles. The third kappa shape index (κ3) is 5.24. The second kappa shape index (κ2) is 9.87. The highest BCUT2D eigenvalue weighted by molar-refractivity contribution is 7.91. The quantitative estimate of drug-likeness (QED) is 0.358. The van der Waals surface area contributed by atoms with Gasteiger partial charge in [-0.3, -0.25) is 0 Å². The van der Waals surface area contributed by atoms with E-state index < -0.39 is 15.9 Å². The lowest BCUT2D eigenvalue weighted by Crippen LogP contribution is -2.32. The lowest BCUT2D eigenvalue weighted by molar-refractivity contribution is 0.252. The van der Waals surface area contributed by atoms with Gasteiger partial charge in [0.15, 0.2) is 9.84 Å². The standard InChI is InChI=1S/C25H23ClFN3O3S/c1-17-24(34(32,33)14-13-28-25(31)29-21-6-4-5-19(26)15-21)22-7-2-3-8-23(22)30(17)16-18-9-11-20(27)12-10-18/h2-12,15H,13-14,16H2,1H3,(H2,28,29,31). The Balaban J connectivity index is 1.53. The topological polar surface area (TPSA) is 80.2 Å². The molecular formula is C25H23ClFN3O3S. The van der Waals surface area contributed by atoms with Crippen molar-refractivity contribution in [2.45, 2.75) is 18.4 Å². The molecule has 2 N–H and O–H groups in total. The summed E-state index contributed by atoms with van der Waals surface area (Å²) in [4.78, 5) is 12.4. The van der Waals surface area contributed by atoms with E-state index in [1.165, 1.54) is 12.1 Å². The van der Waals surface area contributed by atoms with E-state index in [0.29, 0.717) is 28.3 Å². The molecule has 0 bridgehead atoms. The molecule has 3 aromatic carbocycles. The van der Waals surface area contributed by atoms with Crippen molar-refractivity contribution >= 4 is 44.1 Å². The fourth-order valence-electron chi connectivity index (χ4n) is 3.91. The first-order chi connectivity index (χ1) is 16.2. The summed E-state index contributed by atoms with van der Waals surface area (Å²) in [7, 11) is -3.72. The number of benzene rings is 3. The molecule has 0 aliphatic carbocycles. The predicted molar refractivity (Wildman–Crippen MR) is 133 cm³/mol. The molecule has 4 rings (SSSR count). The number of hydrogen-bond acceptors (Lipinski definition) is 3. The fourth-order valence-corrected chi connectivity index (χ4v) is 5.74. The summed E-state index contributed by atoms with van der Waals surface area (Å²) >= 11 is 5.91. The number of carbonyl (C=O) groups excluding carboxylic acids is 1. The fraction of sp³-hybridized carbons (Fsp3) is 0.160. The van der Waals surface area contributed by atoms with Gasteiger partial charge in [0.2, 0.25) is 0 Å². The van der Waals surface area contributed by atoms with Gasteiger partial charge in [0, 0.05) is 40.4 Å². The number of para-hydroxylation sites is 1. The lowest BCUT2D eigenvalue weighted by atomic mass is 10.2. The number of rotatable bonds is 7. The Morgan fingerprint density at radius 2 is 1.76 bits per heavy atom. The molecule has 9 heteroatoms. The Morgan fingerprint density at radius 3 is 2.50 bits per heavy atom. The lowest BCUT2D eigenvalue weighted by Gasteiger charge is -2.10. The Labute approximate surface area is 202 Å². The number of amides is 2. The molecule has 0 radical (unpaired) electrons. The SMILES string of the molecule is Cc1c(S(=O)(=O)CCNC(=O)Nc2cccc(Cl)c2)c2ccccc2n1Cc1ccc(F)cc1. The molecule has 0 unspecified atom stereocenters. The van der Waals surface area contributed by atoms with Gasteiger partial charge < -0.3 is 15.2 Å². The van der Waals surface area contributed by atoms with Gasteiger partial charge in [0.05, 0.1) is 10.6 Å². The Hall–Kier alpha value is -3.36. The van der Waals surface area contributed by atoms with E-state index >= 15 is 0 Å². The van der Waals surface area contributed by atoms with Crippen LogP contribution in [0.2, 0.25) is 5.02 Å². The molecule has 0 atom stereocenters. The maximum atomic E-state index is 13.3. The van der Waals surface area contributed by atoms with E-state index in [-0.39, 0.29) is 23.0 Å². The van der Waals surface area contributed by atoms with Crippen molar-refractivity contribution < 1.29 is 17.6 Å². The molecule has 34 heavy (non-hydrogen) atoms. The molecule has 0 aliphatic heterocycles. The minimum absolute atomic E-state index is 0.0638. The average molecular weight is 500 g/mol. The minimum atomic E-state index is -3.72. The van der Waals surface area contributed by atoms with Crippen molar-refractivity contribution in [1.82, 2.24) is 9.88 Å². The smallest absolute Gasteiger partial charge is 0.319 e. The summed E-state index contributed by atoms with van der Waals surface area (Å²) in [5.74, 6) is -0.588. The number of anilines is 1. The van der Waals surface area contributed by atoms with Gasteiger partial charge in [-0.05, 0) is 48.9 Å². The first-order valence-corrected chi connectivity index (χ1v) is 12.6. The first kappa shape index (κ1) is 23.8. The molecule has 4 aromatic rings. The van der Waals surface area contributed by atoms with Crippen LogP contribution in [0.5, 0.6) is 0 Å². The summed E-state index contributed by atoms with van der Waals surface area (Å²) in [6, 6.07) is 19.5. The number of halogens is 2. The highest BCUT2D eigenvalue weighted by atomic mass is 35.5. The number of fused-ring (bicyclic) bond motifs is 1. The van der Waals surface area contributed by atoms with Crippen LogP contribution in [0.1, 0.15) is 11.3 Å². The second-order valence-corrected chi connectivity index (χ2v) is 10.3. The highest BCUT2D eigenvalue weighted by Gasteiger charge is 2.25. The van der Waals surface area contributed by atoms with Crippen molar-refractivity contribution in [3.05, 3.63) is 94.9 Å². The largest absolute Gasteiger partial charge is 0.339 e. The average Bonchev–Trinajstić information content (AvgIpc) is 3.07. The first-order valence-electron chi connectivity index (χ1n) is 10.6. The van der Waals surface area contributed by atoms with E-state index in [0.717, 1.165) is 11.1 Å². The second-order valence-electron chi connectivity index (χ2n) is 7.85.